The van der Waals surface area contributed by atoms with Gasteiger partial charge in [-0.25, -0.2) is 0 Å². The molecule has 1 N–H and O–H groups in total. The van der Waals surface area contributed by atoms with Crippen molar-refractivity contribution in [1.29, 1.82) is 0 Å². The molecule has 1 amide bonds. The van der Waals surface area contributed by atoms with Crippen molar-refractivity contribution in [1.82, 2.24) is 4.57 Å². The number of hydrogen-bond donors (Lipinski definition) is 1. The maximum atomic E-state index is 12.2. The molecule has 3 rings (SSSR count). The van der Waals surface area contributed by atoms with Gasteiger partial charge in [0.15, 0.2) is 4.80 Å². The summed E-state index contributed by atoms with van der Waals surface area (Å²) in [5.41, 5.74) is 0.501. The number of aromatic nitrogens is 1. The monoisotopic (exact) mass is 397 g/mol. The van der Waals surface area contributed by atoms with Gasteiger partial charge in [-0.15, -0.1) is 17.0 Å². The summed E-state index contributed by atoms with van der Waals surface area (Å²) >= 11 is 1.25. The zero-order valence-electron chi connectivity index (χ0n) is 12.4. The summed E-state index contributed by atoms with van der Waals surface area (Å²) < 4.78 is 7.09. The van der Waals surface area contributed by atoms with Crippen LogP contribution in [0.5, 0.6) is 5.75 Å². The minimum atomic E-state index is -0.332. The van der Waals surface area contributed by atoms with Crippen LogP contribution in [0.3, 0.4) is 0 Å². The Kier molecular flexibility index (Phi) is 5.73. The van der Waals surface area contributed by atoms with E-state index in [1.165, 1.54) is 17.4 Å². The first-order valence-electron chi connectivity index (χ1n) is 6.88. The predicted octanol–water partition coefficient (Wildman–Crippen LogP) is 0.939. The lowest BCUT2D eigenvalue weighted by atomic mass is 10.3. The number of rotatable bonds is 3. The van der Waals surface area contributed by atoms with Gasteiger partial charge >= 0.3 is 0 Å². The van der Waals surface area contributed by atoms with Crippen molar-refractivity contribution in [3.8, 4) is 5.75 Å². The molecule has 1 aromatic carbocycles. The topological polar surface area (TPSA) is 72.7 Å². The number of nitrogens with one attached hydrogen (secondary N) is 1. The Morgan fingerprint density at radius 3 is 2.78 bits per heavy atom. The summed E-state index contributed by atoms with van der Waals surface area (Å²) in [6.07, 6.45) is 2.19. The van der Waals surface area contributed by atoms with E-state index in [9.17, 15) is 9.59 Å². The second kappa shape index (κ2) is 7.56. The van der Waals surface area contributed by atoms with Gasteiger partial charge in [0.25, 0.3) is 5.56 Å². The van der Waals surface area contributed by atoms with Crippen LogP contribution < -0.4 is 24.9 Å². The summed E-state index contributed by atoms with van der Waals surface area (Å²) in [7, 11) is 1.58. The van der Waals surface area contributed by atoms with Gasteiger partial charge in [0, 0.05) is 24.9 Å². The molecule has 23 heavy (non-hydrogen) atoms. The summed E-state index contributed by atoms with van der Waals surface area (Å²) in [6.45, 7) is 1.40. The number of amides is 1. The van der Waals surface area contributed by atoms with Crippen molar-refractivity contribution >= 4 is 46.0 Å². The smallest absolute Gasteiger partial charge is 0.270 e. The van der Waals surface area contributed by atoms with Gasteiger partial charge in [0.05, 0.1) is 7.11 Å². The van der Waals surface area contributed by atoms with Crippen molar-refractivity contribution in [2.24, 2.45) is 4.99 Å². The molecule has 0 saturated carbocycles. The number of ether oxygens (including phenoxy) is 1. The van der Waals surface area contributed by atoms with Crippen molar-refractivity contribution in [2.75, 3.05) is 19.0 Å². The van der Waals surface area contributed by atoms with Crippen LogP contribution in [0.25, 0.3) is 6.08 Å². The second-order valence-electron chi connectivity index (χ2n) is 4.80. The molecule has 0 atom stereocenters. The first kappa shape index (κ1) is 17.4. The third-order valence-electron chi connectivity index (χ3n) is 3.29. The zero-order chi connectivity index (χ0) is 15.5. The molecule has 2 aromatic rings. The number of fused-ring (bicyclic) bond motifs is 1. The molecule has 0 radical (unpaired) electrons. The predicted molar refractivity (Wildman–Crippen MR) is 95.3 cm³/mol. The second-order valence-corrected chi connectivity index (χ2v) is 5.81. The molecule has 0 saturated heterocycles. The quantitative estimate of drug-likeness (QED) is 0.837. The van der Waals surface area contributed by atoms with E-state index in [2.05, 4.69) is 10.3 Å². The number of hydrogen-bond acceptors (Lipinski definition) is 5. The SMILES string of the molecule is Br.COc1ccc(NC(=O)/C=c2\sc3n(c2=O)CCCN=3)cc1. The highest BCUT2D eigenvalue weighted by Gasteiger charge is 2.09. The molecular weight excluding hydrogens is 382 g/mol. The Hall–Kier alpha value is -1.93. The highest BCUT2D eigenvalue weighted by Crippen LogP contribution is 2.14. The van der Waals surface area contributed by atoms with Gasteiger partial charge in [0.2, 0.25) is 5.91 Å². The van der Waals surface area contributed by atoms with Crippen molar-refractivity contribution in [3.05, 3.63) is 44.0 Å². The fourth-order valence-electron chi connectivity index (χ4n) is 2.20. The van der Waals surface area contributed by atoms with E-state index in [4.69, 9.17) is 4.74 Å². The van der Waals surface area contributed by atoms with Gasteiger partial charge in [-0.1, -0.05) is 11.3 Å². The van der Waals surface area contributed by atoms with Crippen molar-refractivity contribution in [3.63, 3.8) is 0 Å². The van der Waals surface area contributed by atoms with Crippen molar-refractivity contribution < 1.29 is 9.53 Å². The largest absolute Gasteiger partial charge is 0.497 e. The van der Waals surface area contributed by atoms with Gasteiger partial charge < -0.3 is 10.1 Å². The average Bonchev–Trinajstić information content (AvgIpc) is 2.84. The molecule has 0 spiro atoms. The van der Waals surface area contributed by atoms with Crippen LogP contribution in [0.1, 0.15) is 6.42 Å². The number of nitrogens with zero attached hydrogens (tertiary/aromatic N) is 2. The van der Waals surface area contributed by atoms with Crippen LogP contribution in [-0.2, 0) is 11.3 Å². The molecule has 0 unspecified atom stereocenters. The molecule has 0 bridgehead atoms. The molecule has 2 heterocycles. The lowest BCUT2D eigenvalue weighted by molar-refractivity contribution is -0.110. The van der Waals surface area contributed by atoms with Crippen molar-refractivity contribution in [2.45, 2.75) is 13.0 Å². The Morgan fingerprint density at radius 2 is 2.13 bits per heavy atom. The Labute approximate surface area is 146 Å². The number of carbonyl (C=O) groups is 1. The summed E-state index contributed by atoms with van der Waals surface area (Å²) in [5, 5.41) is 2.73. The fourth-order valence-corrected chi connectivity index (χ4v) is 3.20. The van der Waals surface area contributed by atoms with Crippen LogP contribution in [0.2, 0.25) is 0 Å². The Bertz CT molecular complexity index is 871. The molecule has 0 fully saturated rings. The van der Waals surface area contributed by atoms with E-state index < -0.39 is 0 Å². The van der Waals surface area contributed by atoms with Crippen LogP contribution in [-0.4, -0.2) is 24.1 Å². The molecule has 1 aliphatic heterocycles. The van der Waals surface area contributed by atoms with E-state index >= 15 is 0 Å². The Morgan fingerprint density at radius 1 is 1.39 bits per heavy atom. The first-order chi connectivity index (χ1) is 10.7. The number of carbonyl (C=O) groups excluding carboxylic acids is 1. The Balaban J connectivity index is 0.00000192. The summed E-state index contributed by atoms with van der Waals surface area (Å²) in [6, 6.07) is 7.00. The minimum Gasteiger partial charge on any atom is -0.497 e. The molecule has 1 aliphatic rings. The first-order valence-corrected chi connectivity index (χ1v) is 7.70. The minimum absolute atomic E-state index is 0. The molecule has 122 valence electrons. The number of thiazole rings is 1. The van der Waals surface area contributed by atoms with E-state index in [0.717, 1.165) is 13.0 Å². The number of halogens is 1. The van der Waals surface area contributed by atoms with Gasteiger partial charge in [0.1, 0.15) is 10.3 Å². The third kappa shape index (κ3) is 3.89. The molecule has 1 aromatic heterocycles. The maximum absolute atomic E-state index is 12.2. The zero-order valence-corrected chi connectivity index (χ0v) is 15.0. The molecular formula is C15H16BrN3O3S. The molecule has 0 aliphatic carbocycles. The third-order valence-corrected chi connectivity index (χ3v) is 4.34. The van der Waals surface area contributed by atoms with E-state index in [1.54, 1.807) is 35.9 Å². The van der Waals surface area contributed by atoms with Crippen LogP contribution >= 0.6 is 28.3 Å². The summed E-state index contributed by atoms with van der Waals surface area (Å²) in [5.74, 6) is 0.384. The normalized spacial score (nSPS) is 13.5. The molecule has 8 heteroatoms. The highest BCUT2D eigenvalue weighted by molar-refractivity contribution is 8.93. The van der Waals surface area contributed by atoms with Crippen LogP contribution in [0.4, 0.5) is 5.69 Å². The fraction of sp³-hybridized carbons (Fsp3) is 0.267. The van der Waals surface area contributed by atoms with Gasteiger partial charge in [-0.2, -0.15) is 0 Å². The number of anilines is 1. The standard InChI is InChI=1S/C15H15N3O3S.BrH/c1-21-11-5-3-10(4-6-11)17-13(19)9-12-14(20)18-8-2-7-16-15(18)22-12;/h3-6,9H,2,7-8H2,1H3,(H,17,19);1H/b12-9-;. The number of methoxy groups -OCH3 is 1. The van der Waals surface area contributed by atoms with Gasteiger partial charge in [-0.3, -0.25) is 19.1 Å². The van der Waals surface area contributed by atoms with Crippen LogP contribution in [0.15, 0.2) is 34.1 Å². The van der Waals surface area contributed by atoms with E-state index in [-0.39, 0.29) is 28.4 Å². The highest BCUT2D eigenvalue weighted by atomic mass is 79.9. The maximum Gasteiger partial charge on any atom is 0.270 e. The molecule has 6 nitrogen and oxygen atoms in total. The van der Waals surface area contributed by atoms with E-state index in [1.807, 2.05) is 0 Å². The number of benzene rings is 1. The van der Waals surface area contributed by atoms with Gasteiger partial charge in [-0.05, 0) is 30.7 Å². The van der Waals surface area contributed by atoms with E-state index in [0.29, 0.717) is 27.3 Å². The summed E-state index contributed by atoms with van der Waals surface area (Å²) in [4.78, 5) is 29.2. The lowest BCUT2D eigenvalue weighted by Gasteiger charge is -2.03. The lowest BCUT2D eigenvalue weighted by Crippen LogP contribution is -2.34. The average molecular weight is 398 g/mol. The van der Waals surface area contributed by atoms with Crippen LogP contribution in [0, 0.1) is 0 Å².